The Morgan fingerprint density at radius 1 is 1.37 bits per heavy atom. The molecule has 1 aliphatic rings. The first-order chi connectivity index (χ1) is 9.11. The number of hydrogen-bond donors (Lipinski definition) is 0. The van der Waals surface area contributed by atoms with E-state index in [0.29, 0.717) is 5.25 Å². The molecule has 1 aromatic rings. The van der Waals surface area contributed by atoms with E-state index in [2.05, 4.69) is 6.26 Å². The molecule has 1 amide bonds. The fourth-order valence-electron chi connectivity index (χ4n) is 2.48. The number of amides is 1. The van der Waals surface area contributed by atoms with Crippen LogP contribution in [0.15, 0.2) is 18.2 Å². The van der Waals surface area contributed by atoms with E-state index in [4.69, 9.17) is 0 Å². The molecule has 4 heteroatoms. The molecule has 1 saturated heterocycles. The van der Waals surface area contributed by atoms with Crippen LogP contribution in [0.4, 0.5) is 4.39 Å². The summed E-state index contributed by atoms with van der Waals surface area (Å²) in [6.45, 7) is 3.35. The molecule has 2 nitrogen and oxygen atoms in total. The van der Waals surface area contributed by atoms with E-state index in [1.165, 1.54) is 6.07 Å². The smallest absolute Gasteiger partial charge is 0.256 e. The number of likely N-dealkylation sites (tertiary alicyclic amines) is 1. The van der Waals surface area contributed by atoms with Gasteiger partial charge in [-0.2, -0.15) is 11.8 Å². The number of carbonyl (C=O) groups is 1. The lowest BCUT2D eigenvalue weighted by Gasteiger charge is -2.21. The Labute approximate surface area is 118 Å². The van der Waals surface area contributed by atoms with E-state index in [1.807, 2.05) is 18.7 Å². The predicted molar refractivity (Wildman–Crippen MR) is 78.2 cm³/mol. The molecule has 1 heterocycles. The SMILES string of the molecule is CSC1CCCN(C(=O)c2cc(C)ccc2F)CC1. The van der Waals surface area contributed by atoms with Crippen LogP contribution in [0.5, 0.6) is 0 Å². The number of carbonyl (C=O) groups excluding carboxylic acids is 1. The summed E-state index contributed by atoms with van der Waals surface area (Å²) in [5.41, 5.74) is 1.13. The quantitative estimate of drug-likeness (QED) is 0.827. The van der Waals surface area contributed by atoms with Gasteiger partial charge in [0.15, 0.2) is 0 Å². The van der Waals surface area contributed by atoms with E-state index in [0.717, 1.165) is 37.9 Å². The number of benzene rings is 1. The topological polar surface area (TPSA) is 20.3 Å². The van der Waals surface area contributed by atoms with Gasteiger partial charge in [0.2, 0.25) is 0 Å². The van der Waals surface area contributed by atoms with Gasteiger partial charge in [-0.3, -0.25) is 4.79 Å². The molecule has 0 saturated carbocycles. The van der Waals surface area contributed by atoms with Gasteiger partial charge < -0.3 is 4.90 Å². The van der Waals surface area contributed by atoms with E-state index >= 15 is 0 Å². The van der Waals surface area contributed by atoms with E-state index in [1.54, 1.807) is 17.0 Å². The molecular weight excluding hydrogens is 261 g/mol. The van der Waals surface area contributed by atoms with Crippen molar-refractivity contribution >= 4 is 17.7 Å². The van der Waals surface area contributed by atoms with Crippen LogP contribution in [0, 0.1) is 12.7 Å². The summed E-state index contributed by atoms with van der Waals surface area (Å²) in [5.74, 6) is -0.579. The second-order valence-corrected chi connectivity index (χ2v) is 6.20. The maximum absolute atomic E-state index is 13.8. The van der Waals surface area contributed by atoms with Gasteiger partial charge in [-0.05, 0) is 44.6 Å². The monoisotopic (exact) mass is 281 g/mol. The third-order valence-electron chi connectivity index (χ3n) is 3.65. The van der Waals surface area contributed by atoms with Crippen molar-refractivity contribution in [1.82, 2.24) is 4.90 Å². The molecule has 19 heavy (non-hydrogen) atoms. The van der Waals surface area contributed by atoms with Crippen LogP contribution >= 0.6 is 11.8 Å². The third-order valence-corrected chi connectivity index (χ3v) is 4.79. The summed E-state index contributed by atoms with van der Waals surface area (Å²) in [5, 5.41) is 0.625. The number of halogens is 1. The number of aryl methyl sites for hydroxylation is 1. The summed E-state index contributed by atoms with van der Waals surface area (Å²) < 4.78 is 13.8. The Hall–Kier alpha value is -1.03. The lowest BCUT2D eigenvalue weighted by atomic mass is 10.1. The highest BCUT2D eigenvalue weighted by atomic mass is 32.2. The Balaban J connectivity index is 2.13. The first-order valence-electron chi connectivity index (χ1n) is 6.70. The minimum absolute atomic E-state index is 0.164. The van der Waals surface area contributed by atoms with E-state index in [9.17, 15) is 9.18 Å². The fourth-order valence-corrected chi connectivity index (χ4v) is 3.22. The van der Waals surface area contributed by atoms with E-state index in [-0.39, 0.29) is 11.5 Å². The van der Waals surface area contributed by atoms with Gasteiger partial charge in [0.05, 0.1) is 5.56 Å². The van der Waals surface area contributed by atoms with Crippen LogP contribution in [0.2, 0.25) is 0 Å². The van der Waals surface area contributed by atoms with Crippen molar-refractivity contribution in [3.8, 4) is 0 Å². The zero-order valence-corrected chi connectivity index (χ0v) is 12.3. The molecule has 1 atom stereocenters. The van der Waals surface area contributed by atoms with Crippen LogP contribution in [0.3, 0.4) is 0 Å². The Kier molecular flexibility index (Phi) is 4.86. The number of nitrogens with zero attached hydrogens (tertiary/aromatic N) is 1. The normalized spacial score (nSPS) is 20.2. The van der Waals surface area contributed by atoms with Crippen molar-refractivity contribution in [2.24, 2.45) is 0 Å². The minimum Gasteiger partial charge on any atom is -0.339 e. The maximum atomic E-state index is 13.8. The van der Waals surface area contributed by atoms with Gasteiger partial charge >= 0.3 is 0 Å². The standard InChI is InChI=1S/C15H20FNOS/c1-11-5-6-14(16)13(10-11)15(18)17-8-3-4-12(19-2)7-9-17/h5-6,10,12H,3-4,7-9H2,1-2H3. The van der Waals surface area contributed by atoms with Crippen LogP contribution in [-0.2, 0) is 0 Å². The van der Waals surface area contributed by atoms with Crippen molar-refractivity contribution in [3.63, 3.8) is 0 Å². The van der Waals surface area contributed by atoms with Gasteiger partial charge in [-0.1, -0.05) is 11.6 Å². The van der Waals surface area contributed by atoms with Gasteiger partial charge in [0.1, 0.15) is 5.82 Å². The molecule has 0 bridgehead atoms. The second kappa shape index (κ2) is 6.42. The van der Waals surface area contributed by atoms with Crippen molar-refractivity contribution in [3.05, 3.63) is 35.1 Å². The first kappa shape index (κ1) is 14.4. The van der Waals surface area contributed by atoms with Crippen molar-refractivity contribution in [2.45, 2.75) is 31.4 Å². The lowest BCUT2D eigenvalue weighted by Crippen LogP contribution is -2.32. The molecule has 0 radical (unpaired) electrons. The molecule has 1 fully saturated rings. The summed E-state index contributed by atoms with van der Waals surface area (Å²) in [6.07, 6.45) is 5.26. The Bertz CT molecular complexity index is 463. The van der Waals surface area contributed by atoms with Crippen LogP contribution in [0.1, 0.15) is 35.2 Å². The zero-order chi connectivity index (χ0) is 13.8. The molecular formula is C15H20FNOS. The molecule has 104 valence electrons. The van der Waals surface area contributed by atoms with Gasteiger partial charge in [0.25, 0.3) is 5.91 Å². The highest BCUT2D eigenvalue weighted by Crippen LogP contribution is 2.22. The summed E-state index contributed by atoms with van der Waals surface area (Å²) >= 11 is 1.86. The molecule has 0 spiro atoms. The number of rotatable bonds is 2. The van der Waals surface area contributed by atoms with Gasteiger partial charge in [0, 0.05) is 18.3 Å². The largest absolute Gasteiger partial charge is 0.339 e. The lowest BCUT2D eigenvalue weighted by molar-refractivity contribution is 0.0757. The molecule has 1 aromatic carbocycles. The summed E-state index contributed by atoms with van der Waals surface area (Å²) in [4.78, 5) is 14.2. The average molecular weight is 281 g/mol. The molecule has 0 aliphatic carbocycles. The van der Waals surface area contributed by atoms with Crippen molar-refractivity contribution < 1.29 is 9.18 Å². The Morgan fingerprint density at radius 2 is 2.16 bits per heavy atom. The number of thioether (sulfide) groups is 1. The highest BCUT2D eigenvalue weighted by molar-refractivity contribution is 7.99. The van der Waals surface area contributed by atoms with Crippen LogP contribution < -0.4 is 0 Å². The summed E-state index contributed by atoms with van der Waals surface area (Å²) in [6, 6.07) is 4.72. The fraction of sp³-hybridized carbons (Fsp3) is 0.533. The van der Waals surface area contributed by atoms with Crippen LogP contribution in [-0.4, -0.2) is 35.4 Å². The average Bonchev–Trinajstić information content (AvgIpc) is 2.66. The van der Waals surface area contributed by atoms with Crippen molar-refractivity contribution in [1.29, 1.82) is 0 Å². The van der Waals surface area contributed by atoms with Crippen molar-refractivity contribution in [2.75, 3.05) is 19.3 Å². The van der Waals surface area contributed by atoms with Gasteiger partial charge in [-0.15, -0.1) is 0 Å². The summed E-state index contributed by atoms with van der Waals surface area (Å²) in [7, 11) is 0. The predicted octanol–water partition coefficient (Wildman–Crippen LogP) is 3.49. The van der Waals surface area contributed by atoms with Gasteiger partial charge in [-0.25, -0.2) is 4.39 Å². The second-order valence-electron chi connectivity index (χ2n) is 5.06. The van der Waals surface area contributed by atoms with E-state index < -0.39 is 5.82 Å². The highest BCUT2D eigenvalue weighted by Gasteiger charge is 2.23. The van der Waals surface area contributed by atoms with Crippen LogP contribution in [0.25, 0.3) is 0 Å². The first-order valence-corrected chi connectivity index (χ1v) is 7.99. The maximum Gasteiger partial charge on any atom is 0.256 e. The molecule has 0 aromatic heterocycles. The molecule has 0 N–H and O–H groups in total. The minimum atomic E-state index is -0.415. The molecule has 1 unspecified atom stereocenters. The number of hydrogen-bond acceptors (Lipinski definition) is 2. The molecule has 2 rings (SSSR count). The Morgan fingerprint density at radius 3 is 2.89 bits per heavy atom. The third kappa shape index (κ3) is 3.50. The zero-order valence-electron chi connectivity index (χ0n) is 11.5. The molecule has 1 aliphatic heterocycles.